The lowest BCUT2D eigenvalue weighted by molar-refractivity contribution is 0.669. The molecule has 61 heavy (non-hydrogen) atoms. The first-order valence-electron chi connectivity index (χ1n) is 20.6. The van der Waals surface area contributed by atoms with Gasteiger partial charge >= 0.3 is 0 Å². The van der Waals surface area contributed by atoms with Gasteiger partial charge in [-0.3, -0.25) is 0 Å². The highest BCUT2D eigenvalue weighted by Crippen LogP contribution is 2.36. The molecule has 1 heterocycles. The van der Waals surface area contributed by atoms with Crippen LogP contribution in [0.15, 0.2) is 217 Å². The van der Waals surface area contributed by atoms with Crippen molar-refractivity contribution in [3.05, 3.63) is 229 Å². The molecular weight excluding hydrogens is 741 g/mol. The summed E-state index contributed by atoms with van der Waals surface area (Å²) in [5.74, 6) is 0. The predicted molar refractivity (Wildman–Crippen MR) is 263 cm³/mol. The number of hydrogen-bond acceptors (Lipinski definition) is 3. The molecule has 0 bridgehead atoms. The summed E-state index contributed by atoms with van der Waals surface area (Å²) in [6, 6.07) is 75.0. The van der Waals surface area contributed by atoms with Gasteiger partial charge in [0, 0.05) is 17.3 Å². The van der Waals surface area contributed by atoms with Crippen LogP contribution in [0, 0.1) is 19.3 Å². The van der Waals surface area contributed by atoms with E-state index in [-0.39, 0.29) is 0 Å². The van der Waals surface area contributed by atoms with Gasteiger partial charge in [-0.25, -0.2) is 0 Å². The number of aryl methyl sites for hydroxylation is 2. The Morgan fingerprint density at radius 3 is 1.44 bits per heavy atom. The average Bonchev–Trinajstić information content (AvgIpc) is 3.68. The van der Waals surface area contributed by atoms with Crippen LogP contribution < -0.4 is 5.73 Å². The van der Waals surface area contributed by atoms with Crippen molar-refractivity contribution in [1.82, 2.24) is 0 Å². The van der Waals surface area contributed by atoms with Crippen molar-refractivity contribution in [2.75, 3.05) is 0 Å². The van der Waals surface area contributed by atoms with Crippen molar-refractivity contribution < 1.29 is 4.42 Å². The second kappa shape index (κ2) is 18.6. The van der Waals surface area contributed by atoms with Crippen LogP contribution in [0.3, 0.4) is 0 Å². The fraction of sp³-hybridized carbons (Fsp3) is 0.0517. The molecule has 0 unspecified atom stereocenters. The summed E-state index contributed by atoms with van der Waals surface area (Å²) in [6.45, 7) is 7.39. The van der Waals surface area contributed by atoms with Crippen molar-refractivity contribution >= 4 is 61.0 Å². The predicted octanol–water partition coefficient (Wildman–Crippen LogP) is 15.8. The molecule has 1 aromatic heterocycles. The minimum Gasteiger partial charge on any atom is -0.456 e. The second-order valence-corrected chi connectivity index (χ2v) is 15.2. The molecule has 3 nitrogen and oxygen atoms in total. The fourth-order valence-corrected chi connectivity index (χ4v) is 8.08. The minimum atomic E-state index is 0.612. The average molecular weight is 789 g/mol. The molecule has 11 aromatic rings. The van der Waals surface area contributed by atoms with Crippen molar-refractivity contribution in [1.29, 1.82) is 5.41 Å². The fourth-order valence-electron chi connectivity index (χ4n) is 8.08. The van der Waals surface area contributed by atoms with E-state index in [9.17, 15) is 0 Å². The number of nitrogens with two attached hydrogens (primary N) is 1. The molecule has 11 rings (SSSR count). The second-order valence-electron chi connectivity index (χ2n) is 15.2. The Hall–Kier alpha value is -7.59. The van der Waals surface area contributed by atoms with Gasteiger partial charge in [-0.2, -0.15) is 0 Å². The quantitative estimate of drug-likeness (QED) is 0.174. The van der Waals surface area contributed by atoms with Crippen LogP contribution in [0.25, 0.3) is 87.6 Å². The summed E-state index contributed by atoms with van der Waals surface area (Å²) >= 11 is 0. The zero-order valence-corrected chi connectivity index (χ0v) is 34.6. The molecule has 0 aliphatic heterocycles. The summed E-state index contributed by atoms with van der Waals surface area (Å²) in [5, 5.41) is 15.5. The third kappa shape index (κ3) is 8.89. The monoisotopic (exact) mass is 788 g/mol. The maximum atomic E-state index is 6.31. The molecule has 0 radical (unpaired) electrons. The van der Waals surface area contributed by atoms with E-state index in [4.69, 9.17) is 15.6 Å². The van der Waals surface area contributed by atoms with Crippen LogP contribution >= 0.6 is 0 Å². The third-order valence-electron chi connectivity index (χ3n) is 11.2. The lowest BCUT2D eigenvalue weighted by atomic mass is 9.95. The number of hydrogen-bond donors (Lipinski definition) is 2. The lowest BCUT2D eigenvalue weighted by Crippen LogP contribution is -1.96. The van der Waals surface area contributed by atoms with Gasteiger partial charge in [-0.05, 0) is 134 Å². The Balaban J connectivity index is 0.000000166. The summed E-state index contributed by atoms with van der Waals surface area (Å²) in [5.41, 5.74) is 18.5. The zero-order valence-electron chi connectivity index (χ0n) is 34.6. The smallest absolute Gasteiger partial charge is 0.136 e. The van der Waals surface area contributed by atoms with Crippen LogP contribution in [0.1, 0.15) is 16.7 Å². The topological polar surface area (TPSA) is 63.0 Å². The molecule has 0 aliphatic rings. The van der Waals surface area contributed by atoms with Crippen LogP contribution in [-0.4, -0.2) is 6.72 Å². The van der Waals surface area contributed by atoms with Gasteiger partial charge in [-0.1, -0.05) is 181 Å². The summed E-state index contributed by atoms with van der Waals surface area (Å²) in [4.78, 5) is 0. The first kappa shape index (κ1) is 40.2. The molecule has 296 valence electrons. The highest BCUT2D eigenvalue weighted by atomic mass is 16.3. The van der Waals surface area contributed by atoms with Crippen LogP contribution in [0.4, 0.5) is 0 Å². The Morgan fingerprint density at radius 1 is 0.377 bits per heavy atom. The van der Waals surface area contributed by atoms with Crippen molar-refractivity contribution in [2.24, 2.45) is 5.73 Å². The van der Waals surface area contributed by atoms with E-state index >= 15 is 0 Å². The van der Waals surface area contributed by atoms with Crippen molar-refractivity contribution in [2.45, 2.75) is 20.4 Å². The van der Waals surface area contributed by atoms with Crippen LogP contribution in [0.2, 0.25) is 0 Å². The molecule has 0 saturated carbocycles. The Kier molecular flexibility index (Phi) is 12.2. The van der Waals surface area contributed by atoms with E-state index in [2.05, 4.69) is 215 Å². The third-order valence-corrected chi connectivity index (χ3v) is 11.2. The highest BCUT2D eigenvalue weighted by Gasteiger charge is 2.11. The number of furan rings is 1. The zero-order chi connectivity index (χ0) is 42.1. The van der Waals surface area contributed by atoms with Crippen LogP contribution in [0.5, 0.6) is 0 Å². The summed E-state index contributed by atoms with van der Waals surface area (Å²) in [7, 11) is 0. The molecule has 0 saturated heterocycles. The standard InChI is InChI=1S/C35H24O.C11H11N.C11H10.CH3N/c1-23-7-4-10-24(17-23)25-11-5-12-26(18-25)27-13-6-14-28(19-27)31-15-16-32-33-20-29-8-2-3-9-30(29)21-35(33)36-34(32)22-31;12-8-10-6-3-5-9-4-1-2-7-11(9)10;1-9-5-4-7-10-6-2-3-8-11(9)10;1-2/h2-22H,1H3;1-7H,8,12H2;2-8H,1H3;2H,1H2. The highest BCUT2D eigenvalue weighted by molar-refractivity contribution is 6.10. The number of nitrogens with one attached hydrogen (secondary N) is 1. The number of benzene rings is 10. The summed E-state index contributed by atoms with van der Waals surface area (Å²) < 4.78 is 6.31. The van der Waals surface area contributed by atoms with E-state index < -0.39 is 0 Å². The largest absolute Gasteiger partial charge is 0.456 e. The Morgan fingerprint density at radius 2 is 0.836 bits per heavy atom. The molecule has 0 fully saturated rings. The van der Waals surface area contributed by atoms with Gasteiger partial charge in [0.25, 0.3) is 0 Å². The maximum absolute atomic E-state index is 6.31. The van der Waals surface area contributed by atoms with Gasteiger partial charge in [0.15, 0.2) is 0 Å². The molecule has 3 heteroatoms. The molecular formula is C58H48N2O. The first-order chi connectivity index (χ1) is 30.0. The van der Waals surface area contributed by atoms with Gasteiger partial charge < -0.3 is 15.6 Å². The SMILES string of the molecule is C=N.Cc1cccc(-c2cccc(-c3cccc(-c4ccc5c(c4)oc4cc6ccccc6cc45)c3)c2)c1.Cc1cccc2ccccc12.NCc1cccc2ccccc12. The van der Waals surface area contributed by atoms with E-state index in [0.29, 0.717) is 6.54 Å². The van der Waals surface area contributed by atoms with E-state index in [1.807, 2.05) is 18.2 Å². The van der Waals surface area contributed by atoms with Crippen molar-refractivity contribution in [3.8, 4) is 33.4 Å². The maximum Gasteiger partial charge on any atom is 0.136 e. The molecule has 10 aromatic carbocycles. The van der Waals surface area contributed by atoms with Gasteiger partial charge in [0.2, 0.25) is 0 Å². The lowest BCUT2D eigenvalue weighted by Gasteiger charge is -2.09. The van der Waals surface area contributed by atoms with Gasteiger partial charge in [0.1, 0.15) is 11.2 Å². The Labute approximate surface area is 357 Å². The van der Waals surface area contributed by atoms with Crippen molar-refractivity contribution in [3.63, 3.8) is 0 Å². The number of rotatable bonds is 4. The molecule has 0 amide bonds. The number of fused-ring (bicyclic) bond motifs is 6. The molecule has 3 N–H and O–H groups in total. The van der Waals surface area contributed by atoms with E-state index in [1.54, 1.807) is 0 Å². The van der Waals surface area contributed by atoms with Crippen LogP contribution in [-0.2, 0) is 6.54 Å². The Bertz CT molecular complexity index is 3260. The van der Waals surface area contributed by atoms with E-state index in [1.165, 1.54) is 76.8 Å². The molecule has 0 aliphatic carbocycles. The normalized spacial score (nSPS) is 10.7. The van der Waals surface area contributed by atoms with Gasteiger partial charge in [0.05, 0.1) is 0 Å². The van der Waals surface area contributed by atoms with E-state index in [0.717, 1.165) is 27.5 Å². The summed E-state index contributed by atoms with van der Waals surface area (Å²) in [6.07, 6.45) is 0. The molecule has 0 atom stereocenters. The first-order valence-corrected chi connectivity index (χ1v) is 20.6. The minimum absolute atomic E-state index is 0.612. The molecule has 0 spiro atoms. The van der Waals surface area contributed by atoms with Gasteiger partial charge in [-0.15, -0.1) is 0 Å².